The van der Waals surface area contributed by atoms with Crippen LogP contribution in [0.25, 0.3) is 0 Å². The molecule has 1 amide bonds. The van der Waals surface area contributed by atoms with Gasteiger partial charge >= 0.3 is 5.37 Å². The Hall–Kier alpha value is -1.68. The Bertz CT molecular complexity index is 564. The van der Waals surface area contributed by atoms with E-state index < -0.39 is 5.37 Å². The second-order valence-corrected chi connectivity index (χ2v) is 6.87. The van der Waals surface area contributed by atoms with E-state index in [1.165, 1.54) is 0 Å². The fourth-order valence-electron chi connectivity index (χ4n) is 3.49. The molecule has 3 unspecified atom stereocenters. The van der Waals surface area contributed by atoms with Gasteiger partial charge in [-0.2, -0.15) is 0 Å². The summed E-state index contributed by atoms with van der Waals surface area (Å²) in [6, 6.07) is 10.5. The average Bonchev–Trinajstić information content (AvgIpc) is 3.08. The van der Waals surface area contributed by atoms with E-state index in [1.807, 2.05) is 37.4 Å². The third kappa shape index (κ3) is 4.44. The number of carbonyl (C=O) groups is 1. The van der Waals surface area contributed by atoms with Gasteiger partial charge in [0.15, 0.2) is 5.88 Å². The van der Waals surface area contributed by atoms with E-state index in [4.69, 9.17) is 16.3 Å². The predicted octanol–water partition coefficient (Wildman–Crippen LogP) is 4.45. The summed E-state index contributed by atoms with van der Waals surface area (Å²) in [5.41, 5.74) is 1.12. The second-order valence-electron chi connectivity index (χ2n) is 6.55. The zero-order chi connectivity index (χ0) is 17.7. The topological polar surface area (TPSA) is 32.8 Å². The Morgan fingerprint density at radius 3 is 2.62 bits per heavy atom. The van der Waals surface area contributed by atoms with Crippen molar-refractivity contribution in [3.8, 4) is 0 Å². The lowest BCUT2D eigenvalue weighted by Crippen LogP contribution is -2.45. The van der Waals surface area contributed by atoms with Crippen LogP contribution >= 0.6 is 11.6 Å². The normalized spacial score (nSPS) is 21.2. The maximum absolute atomic E-state index is 11.4. The van der Waals surface area contributed by atoms with Gasteiger partial charge in [0, 0.05) is 26.2 Å². The molecule has 1 aromatic rings. The van der Waals surface area contributed by atoms with Gasteiger partial charge in [-0.1, -0.05) is 36.8 Å². The quantitative estimate of drug-likeness (QED) is 0.413. The molecule has 132 valence electrons. The second kappa shape index (κ2) is 8.43. The van der Waals surface area contributed by atoms with E-state index in [9.17, 15) is 4.79 Å². The van der Waals surface area contributed by atoms with Gasteiger partial charge in [-0.05, 0) is 49.4 Å². The van der Waals surface area contributed by atoms with Crippen LogP contribution in [0.2, 0.25) is 0 Å². The van der Waals surface area contributed by atoms with Crippen molar-refractivity contribution in [3.63, 3.8) is 0 Å². The summed E-state index contributed by atoms with van der Waals surface area (Å²) in [6.45, 7) is 6.66. The minimum Gasteiger partial charge on any atom is -0.475 e. The fraction of sp³-hybridized carbons (Fsp3) is 0.526. The van der Waals surface area contributed by atoms with E-state index in [2.05, 4.69) is 18.4 Å². The molecule has 1 aromatic carbocycles. The van der Waals surface area contributed by atoms with Crippen molar-refractivity contribution < 1.29 is 9.53 Å². The number of hydrogen-bond donors (Lipinski definition) is 0. The van der Waals surface area contributed by atoms with Crippen molar-refractivity contribution in [2.45, 2.75) is 44.9 Å². The molecule has 0 aliphatic heterocycles. The van der Waals surface area contributed by atoms with Crippen LogP contribution in [0.4, 0.5) is 4.79 Å². The van der Waals surface area contributed by atoms with E-state index in [1.54, 1.807) is 11.9 Å². The molecule has 0 spiro atoms. The first-order valence-electron chi connectivity index (χ1n) is 8.42. The summed E-state index contributed by atoms with van der Waals surface area (Å²) in [6.07, 6.45) is 3.29. The molecule has 3 atom stereocenters. The summed E-state index contributed by atoms with van der Waals surface area (Å²) in [4.78, 5) is 15.2. The van der Waals surface area contributed by atoms with Crippen LogP contribution in [0.3, 0.4) is 0 Å². The number of benzene rings is 1. The first kappa shape index (κ1) is 18.7. The molecule has 0 aromatic heterocycles. The zero-order valence-electron chi connectivity index (χ0n) is 14.7. The molecule has 2 rings (SSSR count). The SMILES string of the molecule is C=C(OCc1ccccc1)N(C)C1CCCC1C(C)N(C)C(=O)Cl. The molecular formula is C19H27ClN2O2. The monoisotopic (exact) mass is 350 g/mol. The molecule has 0 saturated heterocycles. The highest BCUT2D eigenvalue weighted by Crippen LogP contribution is 2.35. The van der Waals surface area contributed by atoms with Gasteiger partial charge < -0.3 is 14.5 Å². The van der Waals surface area contributed by atoms with E-state index >= 15 is 0 Å². The number of carbonyl (C=O) groups excluding carboxylic acids is 1. The number of amides is 1. The van der Waals surface area contributed by atoms with E-state index in [0.29, 0.717) is 24.4 Å². The van der Waals surface area contributed by atoms with Gasteiger partial charge in [0.05, 0.1) is 0 Å². The molecule has 0 N–H and O–H groups in total. The van der Waals surface area contributed by atoms with Crippen LogP contribution in [0, 0.1) is 5.92 Å². The smallest absolute Gasteiger partial charge is 0.316 e. The summed E-state index contributed by atoms with van der Waals surface area (Å²) in [5.74, 6) is 1.03. The minimum absolute atomic E-state index is 0.0897. The Labute approximate surface area is 150 Å². The highest BCUT2D eigenvalue weighted by atomic mass is 35.5. The number of rotatable bonds is 7. The van der Waals surface area contributed by atoms with Gasteiger partial charge in [0.2, 0.25) is 0 Å². The number of ether oxygens (including phenoxy) is 1. The maximum atomic E-state index is 11.4. The van der Waals surface area contributed by atoms with Gasteiger partial charge in [-0.15, -0.1) is 0 Å². The van der Waals surface area contributed by atoms with Crippen LogP contribution in [0.15, 0.2) is 42.8 Å². The third-order valence-electron chi connectivity index (χ3n) is 5.18. The molecule has 1 saturated carbocycles. The van der Waals surface area contributed by atoms with Crippen LogP contribution in [0.1, 0.15) is 31.7 Å². The Morgan fingerprint density at radius 2 is 2.00 bits per heavy atom. The summed E-state index contributed by atoms with van der Waals surface area (Å²) in [7, 11) is 3.78. The highest BCUT2D eigenvalue weighted by Gasteiger charge is 2.37. The Balaban J connectivity index is 1.95. The molecule has 5 heteroatoms. The molecular weight excluding hydrogens is 324 g/mol. The van der Waals surface area contributed by atoms with Crippen molar-refractivity contribution in [1.29, 1.82) is 0 Å². The van der Waals surface area contributed by atoms with Gasteiger partial charge in [0.1, 0.15) is 6.61 Å². The third-order valence-corrected chi connectivity index (χ3v) is 5.45. The van der Waals surface area contributed by atoms with Crippen molar-refractivity contribution in [2.75, 3.05) is 14.1 Å². The van der Waals surface area contributed by atoms with Crippen molar-refractivity contribution in [1.82, 2.24) is 9.80 Å². The van der Waals surface area contributed by atoms with Crippen LogP contribution in [-0.4, -0.2) is 41.3 Å². The molecule has 0 heterocycles. The number of hydrogen-bond acceptors (Lipinski definition) is 3. The van der Waals surface area contributed by atoms with E-state index in [-0.39, 0.29) is 6.04 Å². The van der Waals surface area contributed by atoms with Crippen LogP contribution in [-0.2, 0) is 11.3 Å². The van der Waals surface area contributed by atoms with Gasteiger partial charge in [-0.25, -0.2) is 0 Å². The minimum atomic E-state index is -0.407. The lowest BCUT2D eigenvalue weighted by molar-refractivity contribution is 0.0690. The number of nitrogens with zero attached hydrogens (tertiary/aromatic N) is 2. The number of halogens is 1. The van der Waals surface area contributed by atoms with Gasteiger partial charge in [0.25, 0.3) is 0 Å². The predicted molar refractivity (Wildman–Crippen MR) is 97.7 cm³/mol. The summed E-state index contributed by atoms with van der Waals surface area (Å²) < 4.78 is 5.86. The largest absolute Gasteiger partial charge is 0.475 e. The highest BCUT2D eigenvalue weighted by molar-refractivity contribution is 6.62. The molecule has 0 bridgehead atoms. The van der Waals surface area contributed by atoms with Crippen molar-refractivity contribution in [2.24, 2.45) is 5.92 Å². The standard InChI is InChI=1S/C19H27ClN2O2/c1-14(21(3)19(20)23)17-11-8-12-18(17)22(4)15(2)24-13-16-9-6-5-7-10-16/h5-7,9-10,14,17-18H,2,8,11-13H2,1,3-4H3. The van der Waals surface area contributed by atoms with Gasteiger partial charge in [-0.3, -0.25) is 4.79 Å². The van der Waals surface area contributed by atoms with Crippen molar-refractivity contribution in [3.05, 3.63) is 48.4 Å². The zero-order valence-corrected chi connectivity index (χ0v) is 15.5. The molecule has 24 heavy (non-hydrogen) atoms. The summed E-state index contributed by atoms with van der Waals surface area (Å²) >= 11 is 5.64. The molecule has 0 radical (unpaired) electrons. The fourth-order valence-corrected chi connectivity index (χ4v) is 3.64. The first-order valence-corrected chi connectivity index (χ1v) is 8.80. The Kier molecular flexibility index (Phi) is 6.55. The van der Waals surface area contributed by atoms with Crippen LogP contribution in [0.5, 0.6) is 0 Å². The molecule has 1 aliphatic rings. The lowest BCUT2D eigenvalue weighted by Gasteiger charge is -2.37. The first-order chi connectivity index (χ1) is 11.4. The molecule has 1 aliphatic carbocycles. The molecule has 1 fully saturated rings. The maximum Gasteiger partial charge on any atom is 0.316 e. The summed E-state index contributed by atoms with van der Waals surface area (Å²) in [5, 5.41) is -0.407. The van der Waals surface area contributed by atoms with Crippen LogP contribution < -0.4 is 0 Å². The lowest BCUT2D eigenvalue weighted by atomic mass is 9.94. The Morgan fingerprint density at radius 1 is 1.33 bits per heavy atom. The molecule has 4 nitrogen and oxygen atoms in total. The van der Waals surface area contributed by atoms with Crippen molar-refractivity contribution >= 4 is 17.0 Å². The van der Waals surface area contributed by atoms with E-state index in [0.717, 1.165) is 24.8 Å². The average molecular weight is 351 g/mol.